The molecule has 6 heteroatoms. The van der Waals surface area contributed by atoms with Gasteiger partial charge in [-0.3, -0.25) is 9.59 Å². The van der Waals surface area contributed by atoms with Gasteiger partial charge in [0.25, 0.3) is 0 Å². The molecule has 0 unspecified atom stereocenters. The number of unbranched alkanes of at least 4 members (excludes halogenated alkanes) is 3. The van der Waals surface area contributed by atoms with Gasteiger partial charge in [0.2, 0.25) is 0 Å². The van der Waals surface area contributed by atoms with Gasteiger partial charge in [0, 0.05) is 36.1 Å². The molecule has 0 bridgehead atoms. The van der Waals surface area contributed by atoms with Crippen molar-refractivity contribution in [2.75, 3.05) is 52.5 Å². The topological polar surface area (TPSA) is 59.1 Å². The van der Waals surface area contributed by atoms with Crippen molar-refractivity contribution in [1.82, 2.24) is 9.80 Å². The molecule has 2 aromatic rings. The summed E-state index contributed by atoms with van der Waals surface area (Å²) in [5, 5.41) is 0. The summed E-state index contributed by atoms with van der Waals surface area (Å²) in [7, 11) is 0. The van der Waals surface area contributed by atoms with Crippen LogP contribution in [-0.2, 0) is 0 Å². The first-order valence-corrected chi connectivity index (χ1v) is 18.6. The van der Waals surface area contributed by atoms with Gasteiger partial charge in [-0.15, -0.1) is 0 Å². The SMILES string of the molecule is CCCCOc1ccc(C(=O)[C@H](CCCC[C@H](CN2CCCCC2)C(=O)c2ccc(OCCCC)cc2)CN2CCCCC2)cc1. The zero-order valence-corrected chi connectivity index (χ0v) is 28.9. The van der Waals surface area contributed by atoms with Gasteiger partial charge < -0.3 is 19.3 Å². The van der Waals surface area contributed by atoms with Gasteiger partial charge >= 0.3 is 0 Å². The van der Waals surface area contributed by atoms with Gasteiger partial charge in [0.05, 0.1) is 13.2 Å². The monoisotopic (exact) mass is 632 g/mol. The molecule has 2 fully saturated rings. The lowest BCUT2D eigenvalue weighted by molar-refractivity contribution is 0.0833. The maximum Gasteiger partial charge on any atom is 0.167 e. The van der Waals surface area contributed by atoms with Crippen LogP contribution >= 0.6 is 0 Å². The standard InChI is InChI=1S/C40H60N2O4/c1-3-5-29-45-37-21-17-33(18-22-37)39(43)35(31-41-25-11-7-12-26-41)15-9-10-16-36(32-42-27-13-8-14-28-42)40(44)34-19-23-38(24-20-34)46-30-6-4-2/h17-24,35-36H,3-16,25-32H2,1-2H3/t35-,36-/m1/s1. The molecule has 0 spiro atoms. The molecule has 46 heavy (non-hydrogen) atoms. The molecule has 2 aromatic carbocycles. The van der Waals surface area contributed by atoms with Gasteiger partial charge in [0.1, 0.15) is 11.5 Å². The normalized spacial score (nSPS) is 17.3. The van der Waals surface area contributed by atoms with Crippen molar-refractivity contribution in [1.29, 1.82) is 0 Å². The van der Waals surface area contributed by atoms with Crippen LogP contribution in [0.5, 0.6) is 11.5 Å². The second kappa shape index (κ2) is 20.5. The minimum atomic E-state index is -0.0264. The number of carbonyl (C=O) groups excluding carboxylic acids is 2. The summed E-state index contributed by atoms with van der Waals surface area (Å²) >= 11 is 0. The Labute approximate surface area is 279 Å². The lowest BCUT2D eigenvalue weighted by atomic mass is 9.88. The van der Waals surface area contributed by atoms with Crippen LogP contribution in [0.25, 0.3) is 0 Å². The van der Waals surface area contributed by atoms with Crippen molar-refractivity contribution in [3.63, 3.8) is 0 Å². The fourth-order valence-corrected chi connectivity index (χ4v) is 6.87. The molecule has 0 saturated carbocycles. The summed E-state index contributed by atoms with van der Waals surface area (Å²) in [6, 6.07) is 15.6. The van der Waals surface area contributed by atoms with E-state index in [1.807, 2.05) is 48.5 Å². The van der Waals surface area contributed by atoms with E-state index in [1.54, 1.807) is 0 Å². The van der Waals surface area contributed by atoms with Gasteiger partial charge in [0.15, 0.2) is 11.6 Å². The van der Waals surface area contributed by atoms with E-state index in [0.29, 0.717) is 13.2 Å². The zero-order valence-electron chi connectivity index (χ0n) is 28.9. The molecule has 2 saturated heterocycles. The third kappa shape index (κ3) is 12.2. The van der Waals surface area contributed by atoms with Crippen LogP contribution in [0, 0.1) is 11.8 Å². The number of ether oxygens (including phenoxy) is 2. The van der Waals surface area contributed by atoms with Crippen molar-refractivity contribution in [2.24, 2.45) is 11.8 Å². The summed E-state index contributed by atoms with van der Waals surface area (Å²) in [6.07, 6.45) is 15.3. The number of hydrogen-bond acceptors (Lipinski definition) is 6. The van der Waals surface area contributed by atoms with E-state index in [2.05, 4.69) is 23.6 Å². The Morgan fingerprint density at radius 1 is 0.565 bits per heavy atom. The number of hydrogen-bond donors (Lipinski definition) is 0. The maximum atomic E-state index is 13.8. The third-order valence-electron chi connectivity index (χ3n) is 9.76. The second-order valence-electron chi connectivity index (χ2n) is 13.6. The molecule has 0 aliphatic carbocycles. The first kappa shape index (κ1) is 36.1. The minimum Gasteiger partial charge on any atom is -0.494 e. The van der Waals surface area contributed by atoms with Crippen molar-refractivity contribution in [3.05, 3.63) is 59.7 Å². The molecule has 6 nitrogen and oxygen atoms in total. The van der Waals surface area contributed by atoms with Crippen molar-refractivity contribution < 1.29 is 19.1 Å². The molecule has 2 heterocycles. The van der Waals surface area contributed by atoms with E-state index < -0.39 is 0 Å². The number of rotatable bonds is 21. The maximum absolute atomic E-state index is 13.8. The predicted octanol–water partition coefficient (Wildman–Crippen LogP) is 8.87. The molecule has 0 radical (unpaired) electrons. The van der Waals surface area contributed by atoms with Crippen LogP contribution in [0.1, 0.15) is 124 Å². The van der Waals surface area contributed by atoms with Crippen molar-refractivity contribution in [3.8, 4) is 11.5 Å². The van der Waals surface area contributed by atoms with E-state index in [0.717, 1.165) is 113 Å². The number of likely N-dealkylation sites (tertiary alicyclic amines) is 2. The number of ketones is 2. The Kier molecular flexibility index (Phi) is 16.1. The molecule has 0 aromatic heterocycles. The van der Waals surface area contributed by atoms with E-state index >= 15 is 0 Å². The first-order chi connectivity index (χ1) is 22.6. The Hall–Kier alpha value is -2.70. The molecular formula is C40H60N2O4. The van der Waals surface area contributed by atoms with Crippen LogP contribution in [0.2, 0.25) is 0 Å². The molecule has 4 rings (SSSR count). The van der Waals surface area contributed by atoms with Crippen molar-refractivity contribution >= 4 is 11.6 Å². The predicted molar refractivity (Wildman–Crippen MR) is 188 cm³/mol. The average molecular weight is 633 g/mol. The van der Waals surface area contributed by atoms with E-state index in [4.69, 9.17) is 9.47 Å². The average Bonchev–Trinajstić information content (AvgIpc) is 3.10. The Bertz CT molecular complexity index is 1050. The Morgan fingerprint density at radius 2 is 0.935 bits per heavy atom. The molecule has 2 aliphatic rings. The van der Waals surface area contributed by atoms with Gasteiger partial charge in [-0.25, -0.2) is 0 Å². The summed E-state index contributed by atoms with van der Waals surface area (Å²) in [6.45, 7) is 11.7. The third-order valence-corrected chi connectivity index (χ3v) is 9.76. The van der Waals surface area contributed by atoms with Gasteiger partial charge in [-0.2, -0.15) is 0 Å². The summed E-state index contributed by atoms with van der Waals surface area (Å²) in [4.78, 5) is 32.7. The quantitative estimate of drug-likeness (QED) is 0.101. The van der Waals surface area contributed by atoms with E-state index in [1.165, 1.54) is 38.5 Å². The number of benzene rings is 2. The Balaban J connectivity index is 1.37. The molecule has 0 amide bonds. The highest BCUT2D eigenvalue weighted by Gasteiger charge is 2.26. The minimum absolute atomic E-state index is 0.0264. The smallest absolute Gasteiger partial charge is 0.167 e. The molecule has 2 aliphatic heterocycles. The lowest BCUT2D eigenvalue weighted by Crippen LogP contribution is -2.37. The van der Waals surface area contributed by atoms with Crippen LogP contribution in [0.4, 0.5) is 0 Å². The summed E-state index contributed by atoms with van der Waals surface area (Å²) < 4.78 is 11.7. The van der Waals surface area contributed by atoms with Crippen LogP contribution < -0.4 is 9.47 Å². The summed E-state index contributed by atoms with van der Waals surface area (Å²) in [5.41, 5.74) is 1.57. The first-order valence-electron chi connectivity index (χ1n) is 18.6. The fourth-order valence-electron chi connectivity index (χ4n) is 6.87. The highest BCUT2D eigenvalue weighted by molar-refractivity contribution is 5.98. The summed E-state index contributed by atoms with van der Waals surface area (Å²) in [5.74, 6) is 2.10. The number of piperidine rings is 2. The molecular weight excluding hydrogens is 572 g/mol. The Morgan fingerprint density at radius 3 is 1.28 bits per heavy atom. The van der Waals surface area contributed by atoms with Crippen LogP contribution in [-0.4, -0.2) is 73.8 Å². The lowest BCUT2D eigenvalue weighted by Gasteiger charge is -2.31. The van der Waals surface area contributed by atoms with E-state index in [9.17, 15) is 9.59 Å². The fraction of sp³-hybridized carbons (Fsp3) is 0.650. The van der Waals surface area contributed by atoms with E-state index in [-0.39, 0.29) is 23.4 Å². The largest absolute Gasteiger partial charge is 0.494 e. The number of Topliss-reactive ketones (excluding diaryl/α,β-unsaturated/α-hetero) is 2. The van der Waals surface area contributed by atoms with Crippen LogP contribution in [0.15, 0.2) is 48.5 Å². The van der Waals surface area contributed by atoms with Crippen molar-refractivity contribution in [2.45, 2.75) is 104 Å². The zero-order chi connectivity index (χ0) is 32.4. The number of nitrogens with zero attached hydrogens (tertiary/aromatic N) is 2. The second-order valence-corrected chi connectivity index (χ2v) is 13.6. The van der Waals surface area contributed by atoms with Crippen LogP contribution in [0.3, 0.4) is 0 Å². The highest BCUT2D eigenvalue weighted by atomic mass is 16.5. The molecule has 2 atom stereocenters. The number of carbonyl (C=O) groups is 2. The molecule has 0 N–H and O–H groups in total. The van der Waals surface area contributed by atoms with Gasteiger partial charge in [-0.05, 0) is 126 Å². The van der Waals surface area contributed by atoms with Gasteiger partial charge in [-0.1, -0.05) is 52.4 Å². The molecule has 254 valence electrons. The highest BCUT2D eigenvalue weighted by Crippen LogP contribution is 2.25.